The van der Waals surface area contributed by atoms with Crippen molar-refractivity contribution in [2.75, 3.05) is 25.6 Å². The van der Waals surface area contributed by atoms with Gasteiger partial charge in [0.1, 0.15) is 0 Å². The Balaban J connectivity index is 1.96. The highest BCUT2D eigenvalue weighted by molar-refractivity contribution is 9.10. The molecule has 1 aliphatic rings. The minimum absolute atomic E-state index is 0.565. The van der Waals surface area contributed by atoms with Gasteiger partial charge in [-0.1, -0.05) is 0 Å². The monoisotopic (exact) mass is 300 g/mol. The second kappa shape index (κ2) is 5.69. The molecule has 0 amide bonds. The predicted molar refractivity (Wildman–Crippen MR) is 70.1 cm³/mol. The SMILES string of the molecule is Cc1c(N)cnc(OCC2CCOCC2)c1Br. The Morgan fingerprint density at radius 2 is 2.24 bits per heavy atom. The molecule has 4 nitrogen and oxygen atoms in total. The fraction of sp³-hybridized carbons (Fsp3) is 0.583. The van der Waals surface area contributed by atoms with Crippen molar-refractivity contribution in [3.63, 3.8) is 0 Å². The number of halogens is 1. The first-order valence-corrected chi connectivity index (χ1v) is 6.59. The molecule has 1 aromatic heterocycles. The van der Waals surface area contributed by atoms with E-state index in [1.54, 1.807) is 6.20 Å². The topological polar surface area (TPSA) is 57.4 Å². The minimum Gasteiger partial charge on any atom is -0.477 e. The fourth-order valence-electron chi connectivity index (χ4n) is 1.78. The van der Waals surface area contributed by atoms with Gasteiger partial charge in [0.15, 0.2) is 0 Å². The Morgan fingerprint density at radius 1 is 1.53 bits per heavy atom. The van der Waals surface area contributed by atoms with Gasteiger partial charge in [-0.05, 0) is 47.2 Å². The molecule has 1 saturated heterocycles. The van der Waals surface area contributed by atoms with Crippen LogP contribution in [0.2, 0.25) is 0 Å². The third-order valence-corrected chi connectivity index (χ3v) is 4.00. The molecule has 2 rings (SSSR count). The first-order chi connectivity index (χ1) is 8.18. The van der Waals surface area contributed by atoms with E-state index in [2.05, 4.69) is 20.9 Å². The molecule has 0 aromatic carbocycles. The molecular formula is C12H17BrN2O2. The molecule has 0 spiro atoms. The highest BCUT2D eigenvalue weighted by Crippen LogP contribution is 2.30. The first-order valence-electron chi connectivity index (χ1n) is 5.79. The van der Waals surface area contributed by atoms with Crippen LogP contribution in [-0.2, 0) is 4.74 Å². The smallest absolute Gasteiger partial charge is 0.228 e. The van der Waals surface area contributed by atoms with Crippen molar-refractivity contribution >= 4 is 21.6 Å². The van der Waals surface area contributed by atoms with Gasteiger partial charge >= 0.3 is 0 Å². The number of ether oxygens (including phenoxy) is 2. The number of hydrogen-bond acceptors (Lipinski definition) is 4. The Kier molecular flexibility index (Phi) is 4.23. The Morgan fingerprint density at radius 3 is 2.94 bits per heavy atom. The van der Waals surface area contributed by atoms with Crippen molar-refractivity contribution in [3.05, 3.63) is 16.2 Å². The summed E-state index contributed by atoms with van der Waals surface area (Å²) in [4.78, 5) is 4.20. The summed E-state index contributed by atoms with van der Waals surface area (Å²) in [6, 6.07) is 0. The summed E-state index contributed by atoms with van der Waals surface area (Å²) in [6.45, 7) is 4.31. The van der Waals surface area contributed by atoms with Crippen molar-refractivity contribution in [3.8, 4) is 5.88 Å². The van der Waals surface area contributed by atoms with E-state index in [0.717, 1.165) is 36.1 Å². The van der Waals surface area contributed by atoms with Crippen LogP contribution in [0.1, 0.15) is 18.4 Å². The van der Waals surface area contributed by atoms with Crippen LogP contribution in [0.15, 0.2) is 10.7 Å². The van der Waals surface area contributed by atoms with E-state index in [1.165, 1.54) is 0 Å². The second-order valence-corrected chi connectivity index (χ2v) is 5.12. The minimum atomic E-state index is 0.565. The molecule has 0 aliphatic carbocycles. The van der Waals surface area contributed by atoms with E-state index in [9.17, 15) is 0 Å². The number of aromatic nitrogens is 1. The molecule has 0 radical (unpaired) electrons. The maximum Gasteiger partial charge on any atom is 0.228 e. The number of hydrogen-bond donors (Lipinski definition) is 1. The van der Waals surface area contributed by atoms with Gasteiger partial charge in [0.2, 0.25) is 5.88 Å². The summed E-state index contributed by atoms with van der Waals surface area (Å²) < 4.78 is 11.9. The molecule has 0 atom stereocenters. The summed E-state index contributed by atoms with van der Waals surface area (Å²) in [7, 11) is 0. The van der Waals surface area contributed by atoms with E-state index in [0.29, 0.717) is 24.1 Å². The van der Waals surface area contributed by atoms with E-state index in [1.807, 2.05) is 6.92 Å². The number of rotatable bonds is 3. The van der Waals surface area contributed by atoms with Gasteiger partial charge in [0.05, 0.1) is 23.0 Å². The number of nitrogen functional groups attached to an aromatic ring is 1. The molecule has 0 unspecified atom stereocenters. The standard InChI is InChI=1S/C12H17BrN2O2/c1-8-10(14)6-15-12(11(8)13)17-7-9-2-4-16-5-3-9/h6,9H,2-5,7,14H2,1H3. The summed E-state index contributed by atoms with van der Waals surface area (Å²) in [5, 5.41) is 0. The fourth-order valence-corrected chi connectivity index (χ4v) is 2.23. The summed E-state index contributed by atoms with van der Waals surface area (Å²) in [6.07, 6.45) is 3.76. The number of anilines is 1. The lowest BCUT2D eigenvalue weighted by atomic mass is 10.0. The molecule has 1 fully saturated rings. The van der Waals surface area contributed by atoms with Gasteiger partial charge < -0.3 is 15.2 Å². The molecule has 94 valence electrons. The average Bonchev–Trinajstić information content (AvgIpc) is 2.36. The highest BCUT2D eigenvalue weighted by Gasteiger charge is 2.16. The lowest BCUT2D eigenvalue weighted by Crippen LogP contribution is -2.21. The number of pyridine rings is 1. The zero-order valence-corrected chi connectivity index (χ0v) is 11.5. The zero-order chi connectivity index (χ0) is 12.3. The normalized spacial score (nSPS) is 17.1. The third kappa shape index (κ3) is 3.10. The van der Waals surface area contributed by atoms with Crippen molar-refractivity contribution in [1.82, 2.24) is 4.98 Å². The molecule has 17 heavy (non-hydrogen) atoms. The summed E-state index contributed by atoms with van der Waals surface area (Å²) >= 11 is 3.46. The van der Waals surface area contributed by atoms with Crippen LogP contribution in [-0.4, -0.2) is 24.8 Å². The largest absolute Gasteiger partial charge is 0.477 e. The van der Waals surface area contributed by atoms with Crippen LogP contribution in [0.5, 0.6) is 5.88 Å². The lowest BCUT2D eigenvalue weighted by Gasteiger charge is -2.22. The Bertz CT molecular complexity index is 392. The van der Waals surface area contributed by atoms with Crippen molar-refractivity contribution < 1.29 is 9.47 Å². The van der Waals surface area contributed by atoms with Gasteiger partial charge in [-0.15, -0.1) is 0 Å². The van der Waals surface area contributed by atoms with Gasteiger partial charge in [-0.2, -0.15) is 0 Å². The lowest BCUT2D eigenvalue weighted by molar-refractivity contribution is 0.0489. The van der Waals surface area contributed by atoms with Crippen molar-refractivity contribution in [1.29, 1.82) is 0 Å². The van der Waals surface area contributed by atoms with Crippen LogP contribution < -0.4 is 10.5 Å². The van der Waals surface area contributed by atoms with Gasteiger partial charge in [0.25, 0.3) is 0 Å². The van der Waals surface area contributed by atoms with E-state index in [-0.39, 0.29) is 0 Å². The maximum atomic E-state index is 5.76. The number of nitrogens with zero attached hydrogens (tertiary/aromatic N) is 1. The molecule has 2 heterocycles. The van der Waals surface area contributed by atoms with Crippen molar-refractivity contribution in [2.45, 2.75) is 19.8 Å². The van der Waals surface area contributed by atoms with Gasteiger partial charge in [-0.25, -0.2) is 4.98 Å². The third-order valence-electron chi connectivity index (χ3n) is 3.07. The van der Waals surface area contributed by atoms with Gasteiger partial charge in [-0.3, -0.25) is 0 Å². The molecular weight excluding hydrogens is 284 g/mol. The Labute approximate surface area is 110 Å². The van der Waals surface area contributed by atoms with E-state index in [4.69, 9.17) is 15.2 Å². The van der Waals surface area contributed by atoms with Crippen LogP contribution in [0, 0.1) is 12.8 Å². The van der Waals surface area contributed by atoms with Crippen molar-refractivity contribution in [2.24, 2.45) is 5.92 Å². The van der Waals surface area contributed by atoms with Gasteiger partial charge in [0, 0.05) is 13.2 Å². The second-order valence-electron chi connectivity index (χ2n) is 4.32. The first kappa shape index (κ1) is 12.6. The average molecular weight is 301 g/mol. The predicted octanol–water partition coefficient (Wildman–Crippen LogP) is 2.54. The van der Waals surface area contributed by atoms with Crippen LogP contribution in [0.3, 0.4) is 0 Å². The van der Waals surface area contributed by atoms with E-state index < -0.39 is 0 Å². The van der Waals surface area contributed by atoms with Crippen LogP contribution in [0.25, 0.3) is 0 Å². The number of nitrogens with two attached hydrogens (primary N) is 1. The highest BCUT2D eigenvalue weighted by atomic mass is 79.9. The molecule has 5 heteroatoms. The Hall–Kier alpha value is -0.810. The molecule has 0 saturated carbocycles. The van der Waals surface area contributed by atoms with Crippen LogP contribution >= 0.6 is 15.9 Å². The zero-order valence-electron chi connectivity index (χ0n) is 9.91. The van der Waals surface area contributed by atoms with Crippen LogP contribution in [0.4, 0.5) is 5.69 Å². The summed E-state index contributed by atoms with van der Waals surface area (Å²) in [5.41, 5.74) is 7.41. The molecule has 1 aliphatic heterocycles. The maximum absolute atomic E-state index is 5.76. The van der Waals surface area contributed by atoms with E-state index >= 15 is 0 Å². The molecule has 2 N–H and O–H groups in total. The quantitative estimate of drug-likeness (QED) is 0.932. The summed E-state index contributed by atoms with van der Waals surface area (Å²) in [5.74, 6) is 1.19. The molecule has 0 bridgehead atoms. The molecule has 1 aromatic rings.